The molecule has 0 saturated carbocycles. The van der Waals surface area contributed by atoms with E-state index in [2.05, 4.69) is 5.32 Å². The summed E-state index contributed by atoms with van der Waals surface area (Å²) in [6.45, 7) is 2.56. The predicted octanol–water partition coefficient (Wildman–Crippen LogP) is 3.17. The van der Waals surface area contributed by atoms with E-state index in [-0.39, 0.29) is 24.7 Å². The van der Waals surface area contributed by atoms with Gasteiger partial charge in [-0.25, -0.2) is 0 Å². The molecule has 0 fully saturated rings. The summed E-state index contributed by atoms with van der Waals surface area (Å²) in [5.74, 6) is 0.367. The van der Waals surface area contributed by atoms with Crippen LogP contribution in [0.15, 0.2) is 42.5 Å². The molecule has 0 unspecified atom stereocenters. The minimum Gasteiger partial charge on any atom is -0.486 e. The SMILES string of the molecule is CCCC(=O)Nc1ccc(C(=O)COC(=O)Cc2ccc3c(c2)OCCO3)cc1. The summed E-state index contributed by atoms with van der Waals surface area (Å²) < 4.78 is 16.0. The lowest BCUT2D eigenvalue weighted by molar-refractivity contribution is -0.141. The number of carbonyl (C=O) groups is 3. The van der Waals surface area contributed by atoms with Gasteiger partial charge in [0, 0.05) is 17.7 Å². The van der Waals surface area contributed by atoms with Gasteiger partial charge in [0.1, 0.15) is 13.2 Å². The van der Waals surface area contributed by atoms with Crippen molar-refractivity contribution in [3.8, 4) is 11.5 Å². The van der Waals surface area contributed by atoms with Crippen LogP contribution >= 0.6 is 0 Å². The van der Waals surface area contributed by atoms with Crippen LogP contribution in [0.5, 0.6) is 11.5 Å². The van der Waals surface area contributed by atoms with E-state index < -0.39 is 5.97 Å². The van der Waals surface area contributed by atoms with Crippen LogP contribution in [0.3, 0.4) is 0 Å². The fraction of sp³-hybridized carbons (Fsp3) is 0.318. The number of esters is 1. The van der Waals surface area contributed by atoms with Crippen molar-refractivity contribution in [2.45, 2.75) is 26.2 Å². The van der Waals surface area contributed by atoms with Crippen LogP contribution in [0.1, 0.15) is 35.7 Å². The molecule has 0 spiro atoms. The molecule has 152 valence electrons. The number of carbonyl (C=O) groups excluding carboxylic acids is 3. The highest BCUT2D eigenvalue weighted by atomic mass is 16.6. The normalized spacial score (nSPS) is 12.2. The Morgan fingerprint density at radius 3 is 2.45 bits per heavy atom. The maximum absolute atomic E-state index is 12.2. The number of hydrogen-bond donors (Lipinski definition) is 1. The zero-order chi connectivity index (χ0) is 20.6. The van der Waals surface area contributed by atoms with Gasteiger partial charge in [0.2, 0.25) is 5.91 Å². The maximum atomic E-state index is 12.2. The Hall–Kier alpha value is -3.35. The van der Waals surface area contributed by atoms with Gasteiger partial charge in [0.25, 0.3) is 0 Å². The lowest BCUT2D eigenvalue weighted by Crippen LogP contribution is -2.17. The molecule has 0 aromatic heterocycles. The second-order valence-electron chi connectivity index (χ2n) is 6.61. The largest absolute Gasteiger partial charge is 0.486 e. The number of Topliss-reactive ketones (excluding diaryl/α,β-unsaturated/α-hetero) is 1. The standard InChI is InChI=1S/C22H23NO6/c1-2-3-21(25)23-17-7-5-16(6-8-17)18(24)14-29-22(26)13-15-4-9-19-20(12-15)28-11-10-27-19/h4-9,12H,2-3,10-11,13-14H2,1H3,(H,23,25). The molecule has 0 aliphatic carbocycles. The van der Waals surface area contributed by atoms with E-state index in [1.807, 2.05) is 6.92 Å². The molecule has 7 heteroatoms. The number of ketones is 1. The molecular formula is C22H23NO6. The van der Waals surface area contributed by atoms with Crippen molar-refractivity contribution in [1.82, 2.24) is 0 Å². The van der Waals surface area contributed by atoms with Crippen molar-refractivity contribution < 1.29 is 28.6 Å². The summed E-state index contributed by atoms with van der Waals surface area (Å²) in [4.78, 5) is 35.9. The van der Waals surface area contributed by atoms with E-state index in [0.717, 1.165) is 12.0 Å². The van der Waals surface area contributed by atoms with Crippen molar-refractivity contribution in [3.63, 3.8) is 0 Å². The molecule has 2 aromatic rings. The van der Waals surface area contributed by atoms with Gasteiger partial charge >= 0.3 is 5.97 Å². The smallest absolute Gasteiger partial charge is 0.310 e. The summed E-state index contributed by atoms with van der Waals surface area (Å²) >= 11 is 0. The van der Waals surface area contributed by atoms with Gasteiger partial charge < -0.3 is 19.5 Å². The van der Waals surface area contributed by atoms with E-state index in [1.165, 1.54) is 0 Å². The lowest BCUT2D eigenvalue weighted by atomic mass is 10.1. The molecule has 0 radical (unpaired) electrons. The highest BCUT2D eigenvalue weighted by Gasteiger charge is 2.15. The molecule has 1 aliphatic rings. The topological polar surface area (TPSA) is 90.9 Å². The van der Waals surface area contributed by atoms with Gasteiger partial charge in [-0.3, -0.25) is 14.4 Å². The van der Waals surface area contributed by atoms with Crippen LogP contribution in [-0.4, -0.2) is 37.5 Å². The van der Waals surface area contributed by atoms with Gasteiger partial charge in [-0.1, -0.05) is 13.0 Å². The van der Waals surface area contributed by atoms with Gasteiger partial charge in [0.05, 0.1) is 6.42 Å². The first-order chi connectivity index (χ1) is 14.0. The number of fused-ring (bicyclic) bond motifs is 1. The second kappa shape index (κ2) is 9.73. The average Bonchev–Trinajstić information content (AvgIpc) is 2.72. The molecule has 1 amide bonds. The third-order valence-electron chi connectivity index (χ3n) is 4.29. The first-order valence-corrected chi connectivity index (χ1v) is 9.52. The number of nitrogens with one attached hydrogen (secondary N) is 1. The molecule has 0 bridgehead atoms. The molecule has 2 aromatic carbocycles. The van der Waals surface area contributed by atoms with E-state index in [9.17, 15) is 14.4 Å². The Labute approximate surface area is 169 Å². The van der Waals surface area contributed by atoms with E-state index in [1.54, 1.807) is 42.5 Å². The zero-order valence-electron chi connectivity index (χ0n) is 16.2. The molecule has 0 saturated heterocycles. The lowest BCUT2D eigenvalue weighted by Gasteiger charge is -2.18. The zero-order valence-corrected chi connectivity index (χ0v) is 16.2. The first kappa shape index (κ1) is 20.4. The number of benzene rings is 2. The Bertz CT molecular complexity index is 891. The van der Waals surface area contributed by atoms with Crippen molar-refractivity contribution in [3.05, 3.63) is 53.6 Å². The second-order valence-corrected chi connectivity index (χ2v) is 6.61. The molecule has 3 rings (SSSR count). The Morgan fingerprint density at radius 2 is 1.72 bits per heavy atom. The van der Waals surface area contributed by atoms with Crippen LogP contribution in [0, 0.1) is 0 Å². The molecular weight excluding hydrogens is 374 g/mol. The fourth-order valence-electron chi connectivity index (χ4n) is 2.83. The van der Waals surface area contributed by atoms with Crippen molar-refractivity contribution in [1.29, 1.82) is 0 Å². The Kier molecular flexibility index (Phi) is 6.84. The fourth-order valence-corrected chi connectivity index (χ4v) is 2.83. The predicted molar refractivity (Wildman–Crippen MR) is 106 cm³/mol. The maximum Gasteiger partial charge on any atom is 0.310 e. The Morgan fingerprint density at radius 1 is 1.00 bits per heavy atom. The molecule has 1 N–H and O–H groups in total. The average molecular weight is 397 g/mol. The van der Waals surface area contributed by atoms with Crippen LogP contribution in [0.25, 0.3) is 0 Å². The minimum atomic E-state index is -0.501. The van der Waals surface area contributed by atoms with E-state index >= 15 is 0 Å². The quantitative estimate of drug-likeness (QED) is 0.544. The molecule has 29 heavy (non-hydrogen) atoms. The summed E-state index contributed by atoms with van der Waals surface area (Å²) in [7, 11) is 0. The minimum absolute atomic E-state index is 0.0340. The number of amides is 1. The van der Waals surface area contributed by atoms with Crippen LogP contribution in [0.2, 0.25) is 0 Å². The summed E-state index contributed by atoms with van der Waals surface area (Å²) in [5.41, 5.74) is 1.75. The highest BCUT2D eigenvalue weighted by Crippen LogP contribution is 2.30. The van der Waals surface area contributed by atoms with Crippen molar-refractivity contribution in [2.75, 3.05) is 25.1 Å². The van der Waals surface area contributed by atoms with Crippen molar-refractivity contribution >= 4 is 23.3 Å². The van der Waals surface area contributed by atoms with Crippen molar-refractivity contribution in [2.24, 2.45) is 0 Å². The van der Waals surface area contributed by atoms with Gasteiger partial charge in [-0.05, 0) is 48.4 Å². The summed E-state index contributed by atoms with van der Waals surface area (Å²) in [5, 5.41) is 2.75. The number of anilines is 1. The number of hydrogen-bond acceptors (Lipinski definition) is 6. The molecule has 1 heterocycles. The van der Waals surface area contributed by atoms with Gasteiger partial charge in [0.15, 0.2) is 23.9 Å². The third-order valence-corrected chi connectivity index (χ3v) is 4.29. The number of rotatable bonds is 8. The molecule has 0 atom stereocenters. The van der Waals surface area contributed by atoms with E-state index in [0.29, 0.717) is 42.4 Å². The van der Waals surface area contributed by atoms with Gasteiger partial charge in [-0.15, -0.1) is 0 Å². The van der Waals surface area contributed by atoms with Crippen LogP contribution in [0.4, 0.5) is 5.69 Å². The first-order valence-electron chi connectivity index (χ1n) is 9.52. The highest BCUT2D eigenvalue weighted by molar-refractivity contribution is 5.99. The van der Waals surface area contributed by atoms with Crippen LogP contribution < -0.4 is 14.8 Å². The molecule has 1 aliphatic heterocycles. The van der Waals surface area contributed by atoms with Crippen LogP contribution in [-0.2, 0) is 20.7 Å². The summed E-state index contributed by atoms with van der Waals surface area (Å²) in [6, 6.07) is 11.8. The van der Waals surface area contributed by atoms with Gasteiger partial charge in [-0.2, -0.15) is 0 Å². The number of ether oxygens (including phenoxy) is 3. The monoisotopic (exact) mass is 397 g/mol. The Balaban J connectivity index is 1.48. The van der Waals surface area contributed by atoms with E-state index in [4.69, 9.17) is 14.2 Å². The summed E-state index contributed by atoms with van der Waals surface area (Å²) in [6.07, 6.45) is 1.24. The molecule has 7 nitrogen and oxygen atoms in total. The third kappa shape index (κ3) is 5.81.